The number of allylic oxidation sites excluding steroid dienone is 1. The molecule has 2 aromatic rings. The number of hydrogen-bond donors (Lipinski definition) is 1. The van der Waals surface area contributed by atoms with Crippen LogP contribution in [0.5, 0.6) is 11.5 Å². The van der Waals surface area contributed by atoms with E-state index >= 15 is 0 Å². The Morgan fingerprint density at radius 1 is 1.14 bits per heavy atom. The van der Waals surface area contributed by atoms with Crippen molar-refractivity contribution < 1.29 is 30.5 Å². The predicted octanol–water partition coefficient (Wildman–Crippen LogP) is 5.08. The number of fused-ring (bicyclic) bond motifs is 5. The van der Waals surface area contributed by atoms with Crippen LogP contribution in [-0.4, -0.2) is 19.5 Å². The Bertz CT molecular complexity index is 1150. The second kappa shape index (κ2) is 6.16. The van der Waals surface area contributed by atoms with E-state index in [9.17, 15) is 21.6 Å². The van der Waals surface area contributed by atoms with Crippen LogP contribution in [0.3, 0.4) is 0 Å². The van der Waals surface area contributed by atoms with E-state index in [1.54, 1.807) is 12.1 Å². The highest BCUT2D eigenvalue weighted by Gasteiger charge is 2.49. The second-order valence-electron chi connectivity index (χ2n) is 7.59. The fraction of sp³-hybridized carbons (Fsp3) is 0.300. The average Bonchev–Trinajstić information content (AvgIpc) is 2.58. The number of hydrogen-bond acceptors (Lipinski definition) is 5. The van der Waals surface area contributed by atoms with Crippen LogP contribution in [0.4, 0.5) is 18.9 Å². The van der Waals surface area contributed by atoms with Gasteiger partial charge in [-0.3, -0.25) is 0 Å². The van der Waals surface area contributed by atoms with Gasteiger partial charge < -0.3 is 14.2 Å². The third kappa shape index (κ3) is 3.23. The van der Waals surface area contributed by atoms with Gasteiger partial charge in [0.1, 0.15) is 12.4 Å². The minimum atomic E-state index is -5.81. The number of benzene rings is 2. The molecule has 0 atom stereocenters. The maximum Gasteiger partial charge on any atom is 0.534 e. The normalized spacial score (nSPS) is 17.1. The van der Waals surface area contributed by atoms with E-state index in [0.29, 0.717) is 5.56 Å². The number of halogens is 3. The highest BCUT2D eigenvalue weighted by molar-refractivity contribution is 7.88. The molecule has 4 rings (SSSR count). The fourth-order valence-corrected chi connectivity index (χ4v) is 4.33. The molecule has 2 aromatic carbocycles. The summed E-state index contributed by atoms with van der Waals surface area (Å²) in [5.41, 5.74) is -1.51. The van der Waals surface area contributed by atoms with Crippen molar-refractivity contribution in [1.29, 1.82) is 0 Å². The van der Waals surface area contributed by atoms with E-state index in [0.717, 1.165) is 22.4 Å². The molecule has 29 heavy (non-hydrogen) atoms. The number of nitrogens with one attached hydrogen (secondary N) is 1. The summed E-state index contributed by atoms with van der Waals surface area (Å²) in [6.45, 7) is 6.21. The van der Waals surface area contributed by atoms with Gasteiger partial charge in [-0.25, -0.2) is 0 Å². The van der Waals surface area contributed by atoms with Gasteiger partial charge in [-0.05, 0) is 50.1 Å². The molecule has 0 saturated heterocycles. The van der Waals surface area contributed by atoms with Gasteiger partial charge in [-0.2, -0.15) is 21.6 Å². The highest BCUT2D eigenvalue weighted by atomic mass is 32.2. The number of ether oxygens (including phenoxy) is 1. The quantitative estimate of drug-likeness (QED) is 0.537. The van der Waals surface area contributed by atoms with E-state index < -0.39 is 21.4 Å². The highest BCUT2D eigenvalue weighted by Crippen LogP contribution is 2.49. The third-order valence-corrected chi connectivity index (χ3v) is 5.82. The lowest BCUT2D eigenvalue weighted by Gasteiger charge is -2.34. The summed E-state index contributed by atoms with van der Waals surface area (Å²) in [5.74, 6) is -0.162. The Kier molecular flexibility index (Phi) is 4.17. The summed E-state index contributed by atoms with van der Waals surface area (Å²) in [7, 11) is -5.81. The summed E-state index contributed by atoms with van der Waals surface area (Å²) in [6.07, 6.45) is 2.06. The first kappa shape index (κ1) is 19.6. The summed E-state index contributed by atoms with van der Waals surface area (Å²) in [4.78, 5) is 0. The second-order valence-corrected chi connectivity index (χ2v) is 9.13. The summed E-state index contributed by atoms with van der Waals surface area (Å²) in [6, 6.07) is 7.71. The van der Waals surface area contributed by atoms with Crippen LogP contribution in [0.15, 0.2) is 36.4 Å². The van der Waals surface area contributed by atoms with Crippen LogP contribution in [-0.2, 0) is 16.7 Å². The minimum absolute atomic E-state index is 0.182. The molecular formula is C20H18F3NO4S. The molecule has 0 aromatic heterocycles. The van der Waals surface area contributed by atoms with Crippen LogP contribution in [0.25, 0.3) is 16.7 Å². The van der Waals surface area contributed by atoms with Gasteiger partial charge in [0, 0.05) is 16.8 Å². The molecule has 0 aliphatic carbocycles. The molecule has 0 spiro atoms. The molecule has 2 aliphatic rings. The van der Waals surface area contributed by atoms with Gasteiger partial charge >= 0.3 is 15.6 Å². The number of anilines is 1. The minimum Gasteiger partial charge on any atom is -0.488 e. The van der Waals surface area contributed by atoms with Crippen LogP contribution in [0.2, 0.25) is 0 Å². The maximum absolute atomic E-state index is 12.8. The van der Waals surface area contributed by atoms with Gasteiger partial charge in [0.25, 0.3) is 0 Å². The molecule has 5 nitrogen and oxygen atoms in total. The van der Waals surface area contributed by atoms with Crippen molar-refractivity contribution in [3.05, 3.63) is 47.5 Å². The van der Waals surface area contributed by atoms with Crippen molar-refractivity contribution in [3.63, 3.8) is 0 Å². The summed E-state index contributed by atoms with van der Waals surface area (Å²) < 4.78 is 71.9. The van der Waals surface area contributed by atoms with Gasteiger partial charge in [-0.15, -0.1) is 0 Å². The lowest BCUT2D eigenvalue weighted by atomic mass is 9.84. The van der Waals surface area contributed by atoms with Crippen molar-refractivity contribution in [2.24, 2.45) is 0 Å². The summed E-state index contributed by atoms with van der Waals surface area (Å²) in [5, 5.41) is 3.41. The molecule has 0 radical (unpaired) electrons. The third-order valence-electron chi connectivity index (χ3n) is 4.85. The van der Waals surface area contributed by atoms with Crippen LogP contribution in [0, 0.1) is 0 Å². The van der Waals surface area contributed by atoms with Crippen LogP contribution >= 0.6 is 0 Å². The monoisotopic (exact) mass is 425 g/mol. The van der Waals surface area contributed by atoms with Crippen LogP contribution < -0.4 is 14.2 Å². The van der Waals surface area contributed by atoms with Gasteiger partial charge in [0.2, 0.25) is 0 Å². The Morgan fingerprint density at radius 2 is 1.86 bits per heavy atom. The van der Waals surface area contributed by atoms with Gasteiger partial charge in [-0.1, -0.05) is 18.2 Å². The first-order chi connectivity index (χ1) is 13.4. The zero-order chi connectivity index (χ0) is 21.2. The van der Waals surface area contributed by atoms with Crippen molar-refractivity contribution in [3.8, 4) is 22.6 Å². The standard InChI is InChI=1S/C20H18F3NO4S/c1-11-9-19(2,3)24-14-8-7-12-13(17(11)14)10-27-15-5-4-6-16(18(12)15)28-29(25,26)20(21,22)23/h4-9,24H,10H2,1-3H3. The van der Waals surface area contributed by atoms with Crippen molar-refractivity contribution >= 4 is 21.4 Å². The Hall–Kier alpha value is -2.68. The Labute approximate surface area is 166 Å². The first-order valence-electron chi connectivity index (χ1n) is 8.80. The lowest BCUT2D eigenvalue weighted by molar-refractivity contribution is -0.0499. The SMILES string of the molecule is CC1=CC(C)(C)Nc2ccc3c(c21)COc1cccc(OS(=O)(=O)C(F)(F)F)c1-3. The van der Waals surface area contributed by atoms with Crippen LogP contribution in [0.1, 0.15) is 31.9 Å². The number of alkyl halides is 3. The zero-order valence-corrected chi connectivity index (χ0v) is 16.7. The molecular weight excluding hydrogens is 407 g/mol. The molecule has 154 valence electrons. The molecule has 2 aliphatic heterocycles. The van der Waals surface area contributed by atoms with Crippen molar-refractivity contribution in [2.75, 3.05) is 5.32 Å². The predicted molar refractivity (Wildman–Crippen MR) is 103 cm³/mol. The van der Waals surface area contributed by atoms with E-state index in [2.05, 4.69) is 15.6 Å². The zero-order valence-electron chi connectivity index (χ0n) is 15.8. The van der Waals surface area contributed by atoms with Gasteiger partial charge in [0.15, 0.2) is 5.75 Å². The van der Waals surface area contributed by atoms with E-state index in [-0.39, 0.29) is 23.5 Å². The smallest absolute Gasteiger partial charge is 0.488 e. The van der Waals surface area contributed by atoms with E-state index in [1.165, 1.54) is 12.1 Å². The molecule has 9 heteroatoms. The maximum atomic E-state index is 12.8. The average molecular weight is 425 g/mol. The van der Waals surface area contributed by atoms with Crippen molar-refractivity contribution in [2.45, 2.75) is 38.4 Å². The molecule has 0 amide bonds. The molecule has 2 heterocycles. The first-order valence-corrected chi connectivity index (χ1v) is 10.2. The van der Waals surface area contributed by atoms with Gasteiger partial charge in [0.05, 0.1) is 11.1 Å². The number of rotatable bonds is 2. The summed E-state index contributed by atoms with van der Waals surface area (Å²) >= 11 is 0. The van der Waals surface area contributed by atoms with E-state index in [1.807, 2.05) is 26.8 Å². The largest absolute Gasteiger partial charge is 0.534 e. The Balaban J connectivity index is 1.90. The molecule has 0 unspecified atom stereocenters. The van der Waals surface area contributed by atoms with E-state index in [4.69, 9.17) is 4.74 Å². The molecule has 0 fully saturated rings. The molecule has 0 saturated carbocycles. The molecule has 0 bridgehead atoms. The topological polar surface area (TPSA) is 64.6 Å². The lowest BCUT2D eigenvalue weighted by Crippen LogP contribution is -2.32. The fourth-order valence-electron chi connectivity index (χ4n) is 3.86. The Morgan fingerprint density at radius 3 is 2.55 bits per heavy atom. The molecule has 1 N–H and O–H groups in total. The van der Waals surface area contributed by atoms with Crippen molar-refractivity contribution in [1.82, 2.24) is 0 Å².